The first-order valence-electron chi connectivity index (χ1n) is 9.60. The van der Waals surface area contributed by atoms with Crippen LogP contribution in [0.5, 0.6) is 17.4 Å². The molecule has 0 fully saturated rings. The predicted molar refractivity (Wildman–Crippen MR) is 122 cm³/mol. The highest BCUT2D eigenvalue weighted by Gasteiger charge is 2.34. The Kier molecular flexibility index (Phi) is 4.57. The van der Waals surface area contributed by atoms with Gasteiger partial charge in [-0.15, -0.1) is 11.8 Å². The summed E-state index contributed by atoms with van der Waals surface area (Å²) in [5.74, 6) is 1.66. The second kappa shape index (κ2) is 7.42. The number of benzene rings is 3. The smallest absolute Gasteiger partial charge is 0.228 e. The Bertz CT molecular complexity index is 1380. The zero-order valence-corrected chi connectivity index (χ0v) is 17.4. The number of nitrogens with two attached hydrogens (primary N) is 2. The number of rotatable bonds is 3. The minimum absolute atomic E-state index is 0.0546. The molecule has 0 spiro atoms. The first kappa shape index (κ1) is 19.1. The first-order valence-corrected chi connectivity index (χ1v) is 10.5. The molecule has 5 rings (SSSR count). The fourth-order valence-electron chi connectivity index (χ4n) is 3.82. The van der Waals surface area contributed by atoms with Crippen molar-refractivity contribution in [1.82, 2.24) is 4.98 Å². The van der Waals surface area contributed by atoms with Gasteiger partial charge in [-0.25, -0.2) is 0 Å². The SMILES string of the molecule is COc1ccc2c(c1)Oc1nc(N)c(C#N)c(N)c1C2Sc1cccc2ccccc12. The van der Waals surface area contributed by atoms with Crippen molar-refractivity contribution in [2.45, 2.75) is 10.1 Å². The van der Waals surface area contributed by atoms with Gasteiger partial charge in [0.05, 0.1) is 23.6 Å². The number of nitrogen functional groups attached to an aromatic ring is 2. The minimum atomic E-state index is -0.240. The van der Waals surface area contributed by atoms with E-state index in [-0.39, 0.29) is 16.6 Å². The van der Waals surface area contributed by atoms with Crippen LogP contribution in [-0.2, 0) is 0 Å². The van der Waals surface area contributed by atoms with E-state index < -0.39 is 0 Å². The van der Waals surface area contributed by atoms with Crippen molar-refractivity contribution in [1.29, 1.82) is 5.26 Å². The first-order chi connectivity index (χ1) is 15.1. The number of pyridine rings is 1. The summed E-state index contributed by atoms with van der Waals surface area (Å²) < 4.78 is 11.4. The van der Waals surface area contributed by atoms with Crippen molar-refractivity contribution in [3.8, 4) is 23.4 Å². The third-order valence-electron chi connectivity index (χ3n) is 5.35. The average Bonchev–Trinajstić information content (AvgIpc) is 2.78. The lowest BCUT2D eigenvalue weighted by Crippen LogP contribution is -2.15. The molecule has 0 saturated heterocycles. The summed E-state index contributed by atoms with van der Waals surface area (Å²) in [4.78, 5) is 5.44. The van der Waals surface area contributed by atoms with Gasteiger partial charge >= 0.3 is 0 Å². The molecule has 31 heavy (non-hydrogen) atoms. The van der Waals surface area contributed by atoms with Crippen molar-refractivity contribution >= 4 is 34.0 Å². The summed E-state index contributed by atoms with van der Waals surface area (Å²) in [5, 5.41) is 11.6. The molecule has 2 heterocycles. The molecule has 0 saturated carbocycles. The number of ether oxygens (including phenoxy) is 2. The number of thioether (sulfide) groups is 1. The van der Waals surface area contributed by atoms with E-state index in [1.807, 2.05) is 36.4 Å². The van der Waals surface area contributed by atoms with Gasteiger partial charge in [0.15, 0.2) is 0 Å². The molecule has 7 heteroatoms. The lowest BCUT2D eigenvalue weighted by Gasteiger charge is -2.29. The lowest BCUT2D eigenvalue weighted by molar-refractivity contribution is 0.402. The molecule has 4 aromatic rings. The van der Waals surface area contributed by atoms with Gasteiger partial charge in [0.25, 0.3) is 0 Å². The molecule has 1 aliphatic heterocycles. The average molecular weight is 427 g/mol. The van der Waals surface area contributed by atoms with Crippen LogP contribution in [0.4, 0.5) is 11.5 Å². The normalized spacial score (nSPS) is 14.3. The molecule has 1 aromatic heterocycles. The quantitative estimate of drug-likeness (QED) is 0.460. The molecule has 6 nitrogen and oxygen atoms in total. The zero-order valence-electron chi connectivity index (χ0n) is 16.6. The number of nitriles is 1. The Morgan fingerprint density at radius 1 is 1.10 bits per heavy atom. The monoisotopic (exact) mass is 426 g/mol. The van der Waals surface area contributed by atoms with E-state index in [2.05, 4.69) is 35.3 Å². The topological polar surface area (TPSA) is 107 Å². The van der Waals surface area contributed by atoms with Crippen LogP contribution in [0.3, 0.4) is 0 Å². The highest BCUT2D eigenvalue weighted by atomic mass is 32.2. The van der Waals surface area contributed by atoms with Crippen molar-refractivity contribution in [3.05, 3.63) is 77.4 Å². The summed E-state index contributed by atoms with van der Waals surface area (Å²) in [6.45, 7) is 0. The van der Waals surface area contributed by atoms with Crippen molar-refractivity contribution < 1.29 is 9.47 Å². The van der Waals surface area contributed by atoms with Gasteiger partial charge in [0.2, 0.25) is 5.88 Å². The Hall–Kier alpha value is -3.89. The van der Waals surface area contributed by atoms with Gasteiger partial charge in [0.1, 0.15) is 28.9 Å². The maximum absolute atomic E-state index is 9.57. The van der Waals surface area contributed by atoms with E-state index in [0.29, 0.717) is 28.6 Å². The standard InChI is InChI=1S/C24H18N4O2S/c1-29-14-9-10-16-18(11-14)30-24-20(21(26)17(12-25)23(27)28-24)22(16)31-19-8-4-6-13-5-2-3-7-15(13)19/h2-11,22H,1H3,(H4,26,27,28). The number of hydrogen-bond donors (Lipinski definition) is 2. The van der Waals surface area contributed by atoms with Crippen LogP contribution in [0.15, 0.2) is 65.6 Å². The van der Waals surface area contributed by atoms with E-state index in [4.69, 9.17) is 20.9 Å². The molecule has 1 unspecified atom stereocenters. The van der Waals surface area contributed by atoms with Crippen LogP contribution < -0.4 is 20.9 Å². The molecule has 0 aliphatic carbocycles. The fraction of sp³-hybridized carbons (Fsp3) is 0.0833. The molecule has 1 aliphatic rings. The minimum Gasteiger partial charge on any atom is -0.497 e. The second-order valence-corrected chi connectivity index (χ2v) is 8.24. The molecular weight excluding hydrogens is 408 g/mol. The van der Waals surface area contributed by atoms with Crippen LogP contribution in [0, 0.1) is 11.3 Å². The van der Waals surface area contributed by atoms with E-state index in [0.717, 1.165) is 21.2 Å². The van der Waals surface area contributed by atoms with E-state index in [1.165, 1.54) is 0 Å². The summed E-state index contributed by atoms with van der Waals surface area (Å²) in [6, 6.07) is 22.2. The van der Waals surface area contributed by atoms with Crippen LogP contribution in [0.1, 0.15) is 21.9 Å². The predicted octanol–water partition coefficient (Wildman–Crippen LogP) is 5.27. The Morgan fingerprint density at radius 2 is 1.90 bits per heavy atom. The van der Waals surface area contributed by atoms with Crippen molar-refractivity contribution in [2.24, 2.45) is 0 Å². The molecule has 4 N–H and O–H groups in total. The molecule has 3 aromatic carbocycles. The number of aromatic nitrogens is 1. The number of hydrogen-bond acceptors (Lipinski definition) is 7. The van der Waals surface area contributed by atoms with Crippen LogP contribution in [0.25, 0.3) is 10.8 Å². The van der Waals surface area contributed by atoms with E-state index in [1.54, 1.807) is 18.9 Å². The summed E-state index contributed by atoms with van der Waals surface area (Å²) in [5.41, 5.74) is 14.4. The Morgan fingerprint density at radius 3 is 2.71 bits per heavy atom. The van der Waals surface area contributed by atoms with Crippen LogP contribution in [-0.4, -0.2) is 12.1 Å². The van der Waals surface area contributed by atoms with E-state index >= 15 is 0 Å². The number of fused-ring (bicyclic) bond motifs is 3. The maximum atomic E-state index is 9.57. The Labute approximate surface area is 183 Å². The van der Waals surface area contributed by atoms with E-state index in [9.17, 15) is 5.26 Å². The number of anilines is 2. The number of methoxy groups -OCH3 is 1. The third kappa shape index (κ3) is 3.09. The third-order valence-corrected chi connectivity index (χ3v) is 6.68. The summed E-state index contributed by atoms with van der Waals surface area (Å²) in [7, 11) is 1.61. The molecule has 152 valence electrons. The molecular formula is C24H18N4O2S. The van der Waals surface area contributed by atoms with Crippen molar-refractivity contribution in [2.75, 3.05) is 18.6 Å². The summed E-state index contributed by atoms with van der Waals surface area (Å²) >= 11 is 1.64. The molecule has 0 radical (unpaired) electrons. The number of nitrogens with zero attached hydrogens (tertiary/aromatic N) is 2. The van der Waals surface area contributed by atoms with Crippen LogP contribution in [0.2, 0.25) is 0 Å². The highest BCUT2D eigenvalue weighted by Crippen LogP contribution is 2.55. The second-order valence-electron chi connectivity index (χ2n) is 7.10. The van der Waals surface area contributed by atoms with Gasteiger partial charge in [-0.2, -0.15) is 10.2 Å². The van der Waals surface area contributed by atoms with Gasteiger partial charge < -0.3 is 20.9 Å². The maximum Gasteiger partial charge on any atom is 0.228 e. The molecule has 0 bridgehead atoms. The largest absolute Gasteiger partial charge is 0.497 e. The zero-order chi connectivity index (χ0) is 21.5. The van der Waals surface area contributed by atoms with Gasteiger partial charge in [-0.1, -0.05) is 42.5 Å². The summed E-state index contributed by atoms with van der Waals surface area (Å²) in [6.07, 6.45) is 0. The van der Waals surface area contributed by atoms with Crippen LogP contribution >= 0.6 is 11.8 Å². The molecule has 0 amide bonds. The highest BCUT2D eigenvalue weighted by molar-refractivity contribution is 8.00. The lowest BCUT2D eigenvalue weighted by atomic mass is 9.98. The van der Waals surface area contributed by atoms with Gasteiger partial charge in [-0.3, -0.25) is 0 Å². The van der Waals surface area contributed by atoms with Crippen molar-refractivity contribution in [3.63, 3.8) is 0 Å². The molecule has 1 atom stereocenters. The fourth-order valence-corrected chi connectivity index (χ4v) is 5.21. The van der Waals surface area contributed by atoms with Gasteiger partial charge in [-0.05, 0) is 22.9 Å². The Balaban J connectivity index is 1.73. The van der Waals surface area contributed by atoms with Gasteiger partial charge in [0, 0.05) is 16.5 Å².